The lowest BCUT2D eigenvalue weighted by Crippen LogP contribution is -2.45. The Kier molecular flexibility index (Phi) is 44.6. The highest BCUT2D eigenvalue weighted by Crippen LogP contribution is 2.20. The van der Waals surface area contributed by atoms with Crippen LogP contribution in [0.1, 0.15) is 272 Å². The van der Waals surface area contributed by atoms with E-state index in [-0.39, 0.29) is 17.8 Å². The number of piperidine rings is 1. The van der Waals surface area contributed by atoms with Crippen molar-refractivity contribution < 1.29 is 14.3 Å². The number of unbranched alkanes of at least 4 members (excludes halogenated alkanes) is 30. The number of esters is 1. The van der Waals surface area contributed by atoms with Gasteiger partial charge in [-0.2, -0.15) is 0 Å². The van der Waals surface area contributed by atoms with Crippen LogP contribution < -0.4 is 0 Å². The topological polar surface area (TPSA) is 56.3 Å². The zero-order valence-corrected chi connectivity index (χ0v) is 44.2. The van der Waals surface area contributed by atoms with E-state index in [1.54, 1.807) is 0 Å². The van der Waals surface area contributed by atoms with Crippen molar-refractivity contribution in [3.05, 3.63) is 0 Å². The number of rotatable bonds is 49. The van der Waals surface area contributed by atoms with Crippen LogP contribution >= 0.6 is 0 Å². The summed E-state index contributed by atoms with van der Waals surface area (Å²) in [6, 6.07) is 0. The summed E-state index contributed by atoms with van der Waals surface area (Å²) in [6.07, 6.45) is 48.1. The molecule has 64 heavy (non-hydrogen) atoms. The molecule has 0 aliphatic carbocycles. The lowest BCUT2D eigenvalue weighted by Gasteiger charge is -2.33. The Morgan fingerprint density at radius 2 is 0.656 bits per heavy atom. The summed E-state index contributed by atoms with van der Waals surface area (Å²) in [7, 11) is 0. The summed E-state index contributed by atoms with van der Waals surface area (Å²) < 4.78 is 6.06. The Morgan fingerprint density at radius 1 is 0.375 bits per heavy atom. The van der Waals surface area contributed by atoms with Crippen LogP contribution in [0, 0.1) is 5.92 Å². The fourth-order valence-corrected chi connectivity index (χ4v) is 9.74. The molecule has 7 nitrogen and oxygen atoms in total. The predicted octanol–water partition coefficient (Wildman–Crippen LogP) is 15.4. The first-order valence-corrected chi connectivity index (χ1v) is 29.1. The Balaban J connectivity index is 2.67. The van der Waals surface area contributed by atoms with Crippen LogP contribution in [-0.2, 0) is 14.3 Å². The molecule has 0 atom stereocenters. The van der Waals surface area contributed by atoms with E-state index in [1.807, 2.05) is 4.90 Å². The fraction of sp³-hybridized carbons (Fsp3) is 0.965. The Morgan fingerprint density at radius 3 is 0.984 bits per heavy atom. The molecule has 1 aliphatic rings. The summed E-state index contributed by atoms with van der Waals surface area (Å²) >= 11 is 0. The molecule has 0 N–H and O–H groups in total. The largest absolute Gasteiger partial charge is 0.464 e. The molecule has 0 saturated carbocycles. The van der Waals surface area contributed by atoms with Crippen molar-refractivity contribution in [2.24, 2.45) is 5.92 Å². The first-order valence-electron chi connectivity index (χ1n) is 29.1. The van der Waals surface area contributed by atoms with Gasteiger partial charge >= 0.3 is 5.97 Å². The Hall–Kier alpha value is -1.18. The first kappa shape index (κ1) is 60.8. The van der Waals surface area contributed by atoms with Gasteiger partial charge < -0.3 is 14.5 Å². The highest BCUT2D eigenvalue weighted by Gasteiger charge is 2.29. The second kappa shape index (κ2) is 46.9. The molecule has 1 saturated heterocycles. The minimum absolute atomic E-state index is 0.0398. The van der Waals surface area contributed by atoms with E-state index in [0.29, 0.717) is 26.2 Å². The molecule has 0 aromatic heterocycles. The van der Waals surface area contributed by atoms with Crippen LogP contribution in [-0.4, -0.2) is 110 Å². The van der Waals surface area contributed by atoms with Crippen molar-refractivity contribution in [3.63, 3.8) is 0 Å². The second-order valence-electron chi connectivity index (χ2n) is 20.4. The normalized spacial score (nSPS) is 13.6. The van der Waals surface area contributed by atoms with Gasteiger partial charge in [-0.15, -0.1) is 0 Å². The lowest BCUT2D eigenvalue weighted by molar-refractivity contribution is -0.152. The molecule has 7 heteroatoms. The molecule has 1 aliphatic heterocycles. The van der Waals surface area contributed by atoms with E-state index in [2.05, 4.69) is 49.3 Å². The predicted molar refractivity (Wildman–Crippen MR) is 280 cm³/mol. The molecule has 1 fully saturated rings. The highest BCUT2D eigenvalue weighted by atomic mass is 16.5. The molecule has 380 valence electrons. The number of nitrogens with zero attached hydrogens (tertiary/aromatic N) is 4. The van der Waals surface area contributed by atoms with Crippen LogP contribution in [0.5, 0.6) is 0 Å². The molecule has 1 amide bonds. The van der Waals surface area contributed by atoms with E-state index in [9.17, 15) is 9.59 Å². The van der Waals surface area contributed by atoms with Crippen LogP contribution in [0.4, 0.5) is 0 Å². The average molecular weight is 904 g/mol. The molecular formula is C57H114N4O3. The van der Waals surface area contributed by atoms with Crippen LogP contribution in [0.3, 0.4) is 0 Å². The van der Waals surface area contributed by atoms with Crippen molar-refractivity contribution in [1.82, 2.24) is 19.6 Å². The van der Waals surface area contributed by atoms with Gasteiger partial charge in [0.2, 0.25) is 5.91 Å². The number of carbonyl (C=O) groups is 2. The van der Waals surface area contributed by atoms with Gasteiger partial charge in [0.15, 0.2) is 0 Å². The zero-order valence-electron chi connectivity index (χ0n) is 44.2. The second-order valence-corrected chi connectivity index (χ2v) is 20.4. The highest BCUT2D eigenvalue weighted by molar-refractivity contribution is 5.79. The molecule has 0 radical (unpaired) electrons. The van der Waals surface area contributed by atoms with Crippen molar-refractivity contribution >= 4 is 11.9 Å². The zero-order chi connectivity index (χ0) is 46.4. The molecule has 0 unspecified atom stereocenters. The van der Waals surface area contributed by atoms with Crippen LogP contribution in [0.2, 0.25) is 0 Å². The average Bonchev–Trinajstić information content (AvgIpc) is 3.30. The molecular weight excluding hydrogens is 789 g/mol. The van der Waals surface area contributed by atoms with Crippen molar-refractivity contribution in [1.29, 1.82) is 0 Å². The minimum atomic E-state index is -0.0865. The lowest BCUT2D eigenvalue weighted by atomic mass is 9.97. The number of hydrogen-bond donors (Lipinski definition) is 0. The van der Waals surface area contributed by atoms with Gasteiger partial charge in [-0.05, 0) is 77.7 Å². The van der Waals surface area contributed by atoms with E-state index >= 15 is 0 Å². The summed E-state index contributed by atoms with van der Waals surface area (Å²) in [6.45, 7) is 22.5. The molecule has 0 aromatic carbocycles. The maximum atomic E-state index is 13.6. The van der Waals surface area contributed by atoms with Gasteiger partial charge in [-0.1, -0.05) is 227 Å². The molecule has 1 rings (SSSR count). The molecule has 0 spiro atoms. The van der Waals surface area contributed by atoms with Gasteiger partial charge in [-0.25, -0.2) is 0 Å². The van der Waals surface area contributed by atoms with Gasteiger partial charge in [-0.3, -0.25) is 19.4 Å². The monoisotopic (exact) mass is 903 g/mol. The molecule has 0 bridgehead atoms. The van der Waals surface area contributed by atoms with Gasteiger partial charge in [0.05, 0.1) is 12.5 Å². The minimum Gasteiger partial charge on any atom is -0.464 e. The molecule has 0 aromatic rings. The van der Waals surface area contributed by atoms with Crippen LogP contribution in [0.25, 0.3) is 0 Å². The summed E-state index contributed by atoms with van der Waals surface area (Å²) in [4.78, 5) is 36.9. The standard InChI is InChI=1S/C57H114N4O3/c1-6-11-16-21-26-31-36-43-58(44-37-32-27-22-17-12-7-2)50-51-59(45-38-33-28-23-18-13-8-3)52-53-64-57(63)55-41-48-61(49-42-55)56(62)54-60(46-39-34-29-24-19-14-9-4)47-40-35-30-25-20-15-10-5/h55H,6-54H2,1-5H3. The summed E-state index contributed by atoms with van der Waals surface area (Å²) in [5, 5.41) is 0. The third-order valence-corrected chi connectivity index (χ3v) is 14.3. The first-order chi connectivity index (χ1) is 31.5. The third-order valence-electron chi connectivity index (χ3n) is 14.3. The van der Waals surface area contributed by atoms with Crippen molar-refractivity contribution in [2.45, 2.75) is 272 Å². The number of amides is 1. The fourth-order valence-electron chi connectivity index (χ4n) is 9.74. The third kappa shape index (κ3) is 36.9. The van der Waals surface area contributed by atoms with Crippen LogP contribution in [0.15, 0.2) is 0 Å². The van der Waals surface area contributed by atoms with Crippen molar-refractivity contribution in [2.75, 3.05) is 78.6 Å². The number of hydrogen-bond acceptors (Lipinski definition) is 6. The SMILES string of the molecule is CCCCCCCCCN(CCCCCCCCC)CCN(CCCCCCCCC)CCOC(=O)C1CCN(C(=O)CN(CCCCCCCCC)CCCCCCCCC)CC1. The Bertz CT molecular complexity index is 952. The van der Waals surface area contributed by atoms with E-state index in [4.69, 9.17) is 4.74 Å². The van der Waals surface area contributed by atoms with Gasteiger partial charge in [0.25, 0.3) is 0 Å². The molecule has 1 heterocycles. The number of carbonyl (C=O) groups excluding carboxylic acids is 2. The number of ether oxygens (including phenoxy) is 1. The maximum Gasteiger partial charge on any atom is 0.309 e. The smallest absolute Gasteiger partial charge is 0.309 e. The number of likely N-dealkylation sites (tertiary alicyclic amines) is 1. The van der Waals surface area contributed by atoms with Gasteiger partial charge in [0.1, 0.15) is 6.61 Å². The van der Waals surface area contributed by atoms with E-state index in [1.165, 1.54) is 238 Å². The maximum absolute atomic E-state index is 13.6. The van der Waals surface area contributed by atoms with Gasteiger partial charge in [0, 0.05) is 32.7 Å². The summed E-state index contributed by atoms with van der Waals surface area (Å²) in [5.41, 5.74) is 0. The van der Waals surface area contributed by atoms with Crippen molar-refractivity contribution in [3.8, 4) is 0 Å². The Labute approximate surface area is 401 Å². The summed E-state index contributed by atoms with van der Waals surface area (Å²) in [5.74, 6) is 0.130. The van der Waals surface area contributed by atoms with E-state index < -0.39 is 0 Å². The quantitative estimate of drug-likeness (QED) is 0.0448. The van der Waals surface area contributed by atoms with E-state index in [0.717, 1.165) is 52.1 Å².